The van der Waals surface area contributed by atoms with E-state index in [2.05, 4.69) is 10.6 Å². The van der Waals surface area contributed by atoms with Crippen molar-refractivity contribution in [1.29, 1.82) is 0 Å². The van der Waals surface area contributed by atoms with Gasteiger partial charge in [0.2, 0.25) is 0 Å². The van der Waals surface area contributed by atoms with E-state index >= 15 is 0 Å². The van der Waals surface area contributed by atoms with Gasteiger partial charge in [0.1, 0.15) is 0 Å². The molecule has 1 heterocycles. The SMILES string of the molecule is COc1c(C(=O)NC[C@@H]2CCNC[C@H]2O)cc(Cl)c(N)c1OC. The van der Waals surface area contributed by atoms with E-state index in [1.807, 2.05) is 0 Å². The zero-order valence-electron chi connectivity index (χ0n) is 13.2. The zero-order valence-corrected chi connectivity index (χ0v) is 13.9. The Balaban J connectivity index is 2.17. The van der Waals surface area contributed by atoms with Crippen molar-refractivity contribution in [3.8, 4) is 11.5 Å². The van der Waals surface area contributed by atoms with E-state index < -0.39 is 6.10 Å². The van der Waals surface area contributed by atoms with Gasteiger partial charge in [-0.15, -0.1) is 0 Å². The summed E-state index contributed by atoms with van der Waals surface area (Å²) in [7, 11) is 2.86. The maximum Gasteiger partial charge on any atom is 0.255 e. The summed E-state index contributed by atoms with van der Waals surface area (Å²) < 4.78 is 10.4. The number of aliphatic hydroxyl groups is 1. The molecule has 2 atom stereocenters. The number of methoxy groups -OCH3 is 2. The van der Waals surface area contributed by atoms with Crippen molar-refractivity contribution in [2.24, 2.45) is 5.92 Å². The Kier molecular flexibility index (Phi) is 5.92. The first-order chi connectivity index (χ1) is 11.0. The molecular formula is C15H22ClN3O4. The quantitative estimate of drug-likeness (QED) is 0.585. The van der Waals surface area contributed by atoms with Gasteiger partial charge in [0.05, 0.1) is 36.6 Å². The monoisotopic (exact) mass is 343 g/mol. The number of hydrogen-bond donors (Lipinski definition) is 4. The largest absolute Gasteiger partial charge is 0.492 e. The highest BCUT2D eigenvalue weighted by Gasteiger charge is 2.25. The Morgan fingerprint density at radius 2 is 2.17 bits per heavy atom. The van der Waals surface area contributed by atoms with Gasteiger partial charge in [-0.3, -0.25) is 4.79 Å². The van der Waals surface area contributed by atoms with Crippen molar-refractivity contribution in [1.82, 2.24) is 10.6 Å². The second-order valence-electron chi connectivity index (χ2n) is 5.42. The molecule has 1 aromatic rings. The zero-order chi connectivity index (χ0) is 17.0. The van der Waals surface area contributed by atoms with Crippen molar-refractivity contribution in [3.63, 3.8) is 0 Å². The van der Waals surface area contributed by atoms with Crippen LogP contribution in [0.4, 0.5) is 5.69 Å². The Bertz CT molecular complexity index is 582. The normalized spacial score (nSPS) is 20.9. The van der Waals surface area contributed by atoms with Gasteiger partial charge < -0.3 is 30.9 Å². The van der Waals surface area contributed by atoms with Crippen molar-refractivity contribution in [2.75, 3.05) is 39.6 Å². The molecule has 0 unspecified atom stereocenters. The predicted molar refractivity (Wildman–Crippen MR) is 88.3 cm³/mol. The number of nitrogen functional groups attached to an aromatic ring is 1. The fourth-order valence-electron chi connectivity index (χ4n) is 2.65. The molecular weight excluding hydrogens is 322 g/mol. The van der Waals surface area contributed by atoms with Crippen LogP contribution in [0.5, 0.6) is 11.5 Å². The molecule has 0 aromatic heterocycles. The summed E-state index contributed by atoms with van der Waals surface area (Å²) in [6.07, 6.45) is 0.320. The number of nitrogens with one attached hydrogen (secondary N) is 2. The topological polar surface area (TPSA) is 106 Å². The van der Waals surface area contributed by atoms with E-state index in [1.54, 1.807) is 0 Å². The summed E-state index contributed by atoms with van der Waals surface area (Å²) in [5.74, 6) is 0.120. The Labute approximate surface area is 140 Å². The second-order valence-corrected chi connectivity index (χ2v) is 5.82. The maximum absolute atomic E-state index is 12.5. The molecule has 5 N–H and O–H groups in total. The lowest BCUT2D eigenvalue weighted by atomic mass is 9.95. The number of carbonyl (C=O) groups is 1. The highest BCUT2D eigenvalue weighted by atomic mass is 35.5. The number of halogens is 1. The highest BCUT2D eigenvalue weighted by molar-refractivity contribution is 6.34. The Hall–Kier alpha value is -1.70. The van der Waals surface area contributed by atoms with Crippen LogP contribution in [0, 0.1) is 5.92 Å². The first-order valence-corrected chi connectivity index (χ1v) is 7.74. The average molecular weight is 344 g/mol. The summed E-state index contributed by atoms with van der Waals surface area (Å²) in [6, 6.07) is 1.45. The van der Waals surface area contributed by atoms with E-state index in [0.717, 1.165) is 13.0 Å². The van der Waals surface area contributed by atoms with Gasteiger partial charge in [-0.2, -0.15) is 0 Å². The summed E-state index contributed by atoms with van der Waals surface area (Å²) >= 11 is 6.05. The van der Waals surface area contributed by atoms with Crippen LogP contribution < -0.4 is 25.8 Å². The smallest absolute Gasteiger partial charge is 0.255 e. The van der Waals surface area contributed by atoms with Gasteiger partial charge >= 0.3 is 0 Å². The molecule has 7 nitrogen and oxygen atoms in total. The lowest BCUT2D eigenvalue weighted by Gasteiger charge is -2.28. The third kappa shape index (κ3) is 3.80. The molecule has 1 aromatic carbocycles. The molecule has 23 heavy (non-hydrogen) atoms. The van der Waals surface area contributed by atoms with E-state index in [0.29, 0.717) is 13.1 Å². The van der Waals surface area contributed by atoms with Crippen LogP contribution >= 0.6 is 11.6 Å². The van der Waals surface area contributed by atoms with E-state index in [4.69, 9.17) is 26.8 Å². The van der Waals surface area contributed by atoms with Gasteiger partial charge in [-0.25, -0.2) is 0 Å². The number of nitrogens with two attached hydrogens (primary N) is 1. The summed E-state index contributed by atoms with van der Waals surface area (Å²) in [5, 5.41) is 16.0. The van der Waals surface area contributed by atoms with Gasteiger partial charge in [-0.1, -0.05) is 11.6 Å². The predicted octanol–water partition coefficient (Wildman–Crippen LogP) is 0.640. The van der Waals surface area contributed by atoms with Gasteiger partial charge in [-0.05, 0) is 19.0 Å². The van der Waals surface area contributed by atoms with Crippen LogP contribution in [-0.4, -0.2) is 51.0 Å². The van der Waals surface area contributed by atoms with Crippen molar-refractivity contribution < 1.29 is 19.4 Å². The molecule has 1 aliphatic heterocycles. The van der Waals surface area contributed by atoms with Gasteiger partial charge in [0, 0.05) is 19.0 Å². The van der Waals surface area contributed by atoms with Crippen molar-refractivity contribution >= 4 is 23.2 Å². The number of ether oxygens (including phenoxy) is 2. The van der Waals surface area contributed by atoms with E-state index in [9.17, 15) is 9.90 Å². The van der Waals surface area contributed by atoms with Crippen LogP contribution in [0.1, 0.15) is 16.8 Å². The molecule has 1 aliphatic rings. The average Bonchev–Trinajstić information content (AvgIpc) is 2.55. The van der Waals surface area contributed by atoms with Crippen LogP contribution in [0.25, 0.3) is 0 Å². The number of rotatable bonds is 5. The van der Waals surface area contributed by atoms with Gasteiger partial charge in [0.25, 0.3) is 5.91 Å². The third-order valence-electron chi connectivity index (χ3n) is 3.99. The number of piperidine rings is 1. The second kappa shape index (κ2) is 7.72. The lowest BCUT2D eigenvalue weighted by Crippen LogP contribution is -2.45. The fourth-order valence-corrected chi connectivity index (χ4v) is 2.85. The highest BCUT2D eigenvalue weighted by Crippen LogP contribution is 2.41. The first-order valence-electron chi connectivity index (χ1n) is 7.36. The minimum absolute atomic E-state index is 0.0114. The molecule has 2 rings (SSSR count). The van der Waals surface area contributed by atoms with Gasteiger partial charge in [0.15, 0.2) is 11.5 Å². The number of aliphatic hydroxyl groups excluding tert-OH is 1. The molecule has 0 aliphatic carbocycles. The minimum atomic E-state index is -0.476. The van der Waals surface area contributed by atoms with Crippen LogP contribution in [0.2, 0.25) is 5.02 Å². The maximum atomic E-state index is 12.5. The van der Waals surface area contributed by atoms with Crippen LogP contribution in [-0.2, 0) is 0 Å². The molecule has 128 valence electrons. The molecule has 1 fully saturated rings. The summed E-state index contributed by atoms with van der Waals surface area (Å²) in [6.45, 7) is 1.73. The number of amides is 1. The molecule has 0 saturated carbocycles. The number of benzene rings is 1. The molecule has 1 saturated heterocycles. The van der Waals surface area contributed by atoms with E-state index in [1.165, 1.54) is 20.3 Å². The third-order valence-corrected chi connectivity index (χ3v) is 4.30. The standard InChI is InChI=1S/C15H22ClN3O4/c1-22-13-9(5-10(16)12(17)14(13)23-2)15(21)19-6-8-3-4-18-7-11(8)20/h5,8,11,18,20H,3-4,6-7,17H2,1-2H3,(H,19,21)/t8-,11+/m0/s1. The van der Waals surface area contributed by atoms with Crippen molar-refractivity contribution in [3.05, 3.63) is 16.7 Å². The Morgan fingerprint density at radius 3 is 2.78 bits per heavy atom. The van der Waals surface area contributed by atoms with Crippen LogP contribution in [0.15, 0.2) is 6.07 Å². The number of hydrogen-bond acceptors (Lipinski definition) is 6. The minimum Gasteiger partial charge on any atom is -0.492 e. The molecule has 1 amide bonds. The number of β-amino-alcohol motifs (C(OH)–C–C–N with tert-alkyl or cyclic N) is 1. The Morgan fingerprint density at radius 1 is 1.48 bits per heavy atom. The van der Waals surface area contributed by atoms with Crippen LogP contribution in [0.3, 0.4) is 0 Å². The fraction of sp³-hybridized carbons (Fsp3) is 0.533. The van der Waals surface area contributed by atoms with Crippen molar-refractivity contribution in [2.45, 2.75) is 12.5 Å². The summed E-state index contributed by atoms with van der Waals surface area (Å²) in [5.41, 5.74) is 6.30. The molecule has 0 spiro atoms. The molecule has 0 radical (unpaired) electrons. The number of carbonyl (C=O) groups excluding carboxylic acids is 1. The molecule has 0 bridgehead atoms. The molecule has 8 heteroatoms. The lowest BCUT2D eigenvalue weighted by molar-refractivity contribution is 0.0752. The summed E-state index contributed by atoms with van der Waals surface area (Å²) in [4.78, 5) is 12.5. The van der Waals surface area contributed by atoms with E-state index in [-0.39, 0.29) is 39.6 Å². The number of anilines is 1. The first kappa shape index (κ1) is 17.7.